The van der Waals surface area contributed by atoms with Crippen LogP contribution in [0.15, 0.2) is 48.5 Å². The number of carbonyl (C=O) groups is 2. The Balaban J connectivity index is 1.91. The molecule has 0 fully saturated rings. The summed E-state index contributed by atoms with van der Waals surface area (Å²) in [5.74, 6) is -0.701. The predicted octanol–water partition coefficient (Wildman–Crippen LogP) is 3.13. The quantitative estimate of drug-likeness (QED) is 0.815. The number of alkyl halides is 2. The summed E-state index contributed by atoms with van der Waals surface area (Å²) >= 11 is 0. The van der Waals surface area contributed by atoms with Crippen molar-refractivity contribution in [2.45, 2.75) is 6.43 Å². The maximum absolute atomic E-state index is 12.3. The van der Waals surface area contributed by atoms with Gasteiger partial charge in [0.05, 0.1) is 16.8 Å². The lowest BCUT2D eigenvalue weighted by Crippen LogP contribution is -2.29. The van der Waals surface area contributed by atoms with Crippen LogP contribution in [0.2, 0.25) is 0 Å². The minimum absolute atomic E-state index is 0.175. The molecule has 112 valence electrons. The Morgan fingerprint density at radius 2 is 1.59 bits per heavy atom. The van der Waals surface area contributed by atoms with E-state index in [1.807, 2.05) is 0 Å². The molecule has 0 aliphatic carbocycles. The number of nitrogens with zero attached hydrogens (tertiary/aromatic N) is 1. The molecule has 0 bridgehead atoms. The molecule has 22 heavy (non-hydrogen) atoms. The molecule has 0 saturated heterocycles. The van der Waals surface area contributed by atoms with Crippen molar-refractivity contribution in [2.24, 2.45) is 0 Å². The molecule has 0 spiro atoms. The Morgan fingerprint density at radius 1 is 0.955 bits per heavy atom. The zero-order chi connectivity index (χ0) is 15.7. The highest BCUT2D eigenvalue weighted by Gasteiger charge is 2.36. The van der Waals surface area contributed by atoms with Crippen LogP contribution in [0.3, 0.4) is 0 Å². The molecule has 2 aromatic carbocycles. The highest BCUT2D eigenvalue weighted by atomic mass is 19.3. The number of ether oxygens (including phenoxy) is 1. The molecule has 2 amide bonds. The normalized spacial score (nSPS) is 13.7. The standard InChI is InChI=1S/C16H11F2NO3/c17-14(18)9-22-11-5-3-4-10(8-11)19-15(20)12-6-1-2-7-13(12)16(19)21/h1-8,14H,9H2. The van der Waals surface area contributed by atoms with Crippen LogP contribution >= 0.6 is 0 Å². The third kappa shape index (κ3) is 2.43. The van der Waals surface area contributed by atoms with Gasteiger partial charge in [0.15, 0.2) is 0 Å². The maximum atomic E-state index is 12.3. The predicted molar refractivity (Wildman–Crippen MR) is 75.5 cm³/mol. The zero-order valence-electron chi connectivity index (χ0n) is 11.3. The Morgan fingerprint density at radius 3 is 2.18 bits per heavy atom. The monoisotopic (exact) mass is 303 g/mol. The fraction of sp³-hybridized carbons (Fsp3) is 0.125. The van der Waals surface area contributed by atoms with Gasteiger partial charge in [-0.05, 0) is 24.3 Å². The molecule has 0 unspecified atom stereocenters. The molecule has 4 nitrogen and oxygen atoms in total. The number of hydrogen-bond acceptors (Lipinski definition) is 3. The topological polar surface area (TPSA) is 46.6 Å². The highest BCUT2D eigenvalue weighted by molar-refractivity contribution is 6.34. The summed E-state index contributed by atoms with van der Waals surface area (Å²) < 4.78 is 29.3. The number of imide groups is 1. The van der Waals surface area contributed by atoms with Crippen molar-refractivity contribution >= 4 is 17.5 Å². The number of rotatable bonds is 4. The summed E-state index contributed by atoms with van der Waals surface area (Å²) in [6, 6.07) is 12.5. The Kier molecular flexibility index (Phi) is 3.58. The van der Waals surface area contributed by atoms with E-state index < -0.39 is 24.8 Å². The van der Waals surface area contributed by atoms with Crippen LogP contribution in [0.5, 0.6) is 5.75 Å². The van der Waals surface area contributed by atoms with Crippen molar-refractivity contribution < 1.29 is 23.1 Å². The molecule has 0 atom stereocenters. The van der Waals surface area contributed by atoms with Crippen LogP contribution in [0.1, 0.15) is 20.7 Å². The Bertz CT molecular complexity index is 711. The molecule has 6 heteroatoms. The van der Waals surface area contributed by atoms with Gasteiger partial charge in [0.25, 0.3) is 18.2 Å². The summed E-state index contributed by atoms with van der Waals surface area (Å²) in [5.41, 5.74) is 0.941. The van der Waals surface area contributed by atoms with Gasteiger partial charge in [-0.2, -0.15) is 0 Å². The van der Waals surface area contributed by atoms with Crippen molar-refractivity contribution in [1.82, 2.24) is 0 Å². The molecule has 1 aliphatic rings. The molecule has 2 aromatic rings. The van der Waals surface area contributed by atoms with Gasteiger partial charge in [0.1, 0.15) is 12.4 Å². The first-order chi connectivity index (χ1) is 10.6. The zero-order valence-corrected chi connectivity index (χ0v) is 11.3. The van der Waals surface area contributed by atoms with Gasteiger partial charge >= 0.3 is 0 Å². The average Bonchev–Trinajstić information content (AvgIpc) is 2.78. The number of benzene rings is 2. The molecule has 3 rings (SSSR count). The first kappa shape index (κ1) is 14.2. The van der Waals surface area contributed by atoms with E-state index in [-0.39, 0.29) is 11.4 Å². The second-order valence-corrected chi connectivity index (χ2v) is 4.69. The van der Waals surface area contributed by atoms with Gasteiger partial charge in [-0.25, -0.2) is 13.7 Å². The van der Waals surface area contributed by atoms with E-state index in [4.69, 9.17) is 4.74 Å². The van der Waals surface area contributed by atoms with Gasteiger partial charge < -0.3 is 4.74 Å². The van der Waals surface area contributed by atoms with Crippen LogP contribution < -0.4 is 9.64 Å². The first-order valence-corrected chi connectivity index (χ1v) is 6.57. The minimum atomic E-state index is -2.59. The number of anilines is 1. The number of hydrogen-bond donors (Lipinski definition) is 0. The Labute approximate surface area is 124 Å². The van der Waals surface area contributed by atoms with Crippen LogP contribution in [0, 0.1) is 0 Å². The lowest BCUT2D eigenvalue weighted by Gasteiger charge is -2.15. The van der Waals surface area contributed by atoms with Gasteiger partial charge in [0.2, 0.25) is 0 Å². The summed E-state index contributed by atoms with van der Waals surface area (Å²) in [4.78, 5) is 25.7. The average molecular weight is 303 g/mol. The lowest BCUT2D eigenvalue weighted by atomic mass is 10.1. The summed E-state index contributed by atoms with van der Waals surface area (Å²) in [5, 5.41) is 0. The van der Waals surface area contributed by atoms with Crippen molar-refractivity contribution in [3.63, 3.8) is 0 Å². The van der Waals surface area contributed by atoms with Gasteiger partial charge in [-0.3, -0.25) is 9.59 Å². The molecule has 0 radical (unpaired) electrons. The Hall–Kier alpha value is -2.76. The van der Waals surface area contributed by atoms with E-state index >= 15 is 0 Å². The number of fused-ring (bicyclic) bond motifs is 1. The van der Waals surface area contributed by atoms with Crippen molar-refractivity contribution in [1.29, 1.82) is 0 Å². The van der Waals surface area contributed by atoms with Crippen LogP contribution in [-0.2, 0) is 0 Å². The second kappa shape index (κ2) is 5.55. The summed E-state index contributed by atoms with van der Waals surface area (Å²) in [6.45, 7) is -0.744. The number of carbonyl (C=O) groups excluding carboxylic acids is 2. The van der Waals surface area contributed by atoms with E-state index in [2.05, 4.69) is 0 Å². The molecule has 0 N–H and O–H groups in total. The van der Waals surface area contributed by atoms with E-state index in [1.54, 1.807) is 36.4 Å². The number of halogens is 2. The third-order valence-electron chi connectivity index (χ3n) is 3.25. The van der Waals surface area contributed by atoms with E-state index in [0.717, 1.165) is 4.90 Å². The molecular weight excluding hydrogens is 292 g/mol. The molecular formula is C16H11F2NO3. The third-order valence-corrected chi connectivity index (χ3v) is 3.25. The van der Waals surface area contributed by atoms with Gasteiger partial charge in [-0.1, -0.05) is 18.2 Å². The van der Waals surface area contributed by atoms with Crippen molar-refractivity contribution in [2.75, 3.05) is 11.5 Å². The molecule has 1 aliphatic heterocycles. The van der Waals surface area contributed by atoms with Crippen molar-refractivity contribution in [3.8, 4) is 5.75 Å². The fourth-order valence-corrected chi connectivity index (χ4v) is 2.30. The maximum Gasteiger partial charge on any atom is 0.272 e. The molecule has 0 aromatic heterocycles. The summed E-state index contributed by atoms with van der Waals surface area (Å²) in [7, 11) is 0. The van der Waals surface area contributed by atoms with Gasteiger partial charge in [0, 0.05) is 6.07 Å². The smallest absolute Gasteiger partial charge is 0.272 e. The minimum Gasteiger partial charge on any atom is -0.488 e. The summed E-state index contributed by atoms with van der Waals surface area (Å²) in [6.07, 6.45) is -2.59. The van der Waals surface area contributed by atoms with Gasteiger partial charge in [-0.15, -0.1) is 0 Å². The van der Waals surface area contributed by atoms with Crippen LogP contribution in [0.25, 0.3) is 0 Å². The van der Waals surface area contributed by atoms with E-state index in [1.165, 1.54) is 12.1 Å². The van der Waals surface area contributed by atoms with Crippen LogP contribution in [-0.4, -0.2) is 24.8 Å². The first-order valence-electron chi connectivity index (χ1n) is 6.57. The lowest BCUT2D eigenvalue weighted by molar-refractivity contribution is 0.0817. The highest BCUT2D eigenvalue weighted by Crippen LogP contribution is 2.30. The SMILES string of the molecule is O=C1c2ccccc2C(=O)N1c1cccc(OCC(F)F)c1. The van der Waals surface area contributed by atoms with Crippen molar-refractivity contribution in [3.05, 3.63) is 59.7 Å². The largest absolute Gasteiger partial charge is 0.488 e. The van der Waals surface area contributed by atoms with E-state index in [0.29, 0.717) is 11.1 Å². The molecule has 0 saturated carbocycles. The second-order valence-electron chi connectivity index (χ2n) is 4.69. The number of amides is 2. The fourth-order valence-electron chi connectivity index (χ4n) is 2.30. The van der Waals surface area contributed by atoms with Crippen LogP contribution in [0.4, 0.5) is 14.5 Å². The van der Waals surface area contributed by atoms with E-state index in [9.17, 15) is 18.4 Å². The molecule has 1 heterocycles.